The lowest BCUT2D eigenvalue weighted by Crippen LogP contribution is -2.39. The quantitative estimate of drug-likeness (QED) is 0.333. The molecule has 0 unspecified atom stereocenters. The van der Waals surface area contributed by atoms with Gasteiger partial charge in [0, 0.05) is 4.88 Å². The van der Waals surface area contributed by atoms with Gasteiger partial charge in [-0.15, -0.1) is 11.3 Å². The van der Waals surface area contributed by atoms with Crippen molar-refractivity contribution in [2.75, 3.05) is 5.75 Å². The van der Waals surface area contributed by atoms with Crippen molar-refractivity contribution in [2.45, 2.75) is 11.7 Å². The van der Waals surface area contributed by atoms with Gasteiger partial charge in [-0.2, -0.15) is 0 Å². The van der Waals surface area contributed by atoms with E-state index in [0.29, 0.717) is 17.4 Å². The van der Waals surface area contributed by atoms with Gasteiger partial charge in [0.1, 0.15) is 5.82 Å². The van der Waals surface area contributed by atoms with Crippen LogP contribution in [0.3, 0.4) is 0 Å². The molecule has 2 aromatic heterocycles. The molecule has 0 aliphatic rings. The second-order valence-electron chi connectivity index (χ2n) is 6.60. The van der Waals surface area contributed by atoms with Crippen molar-refractivity contribution in [2.24, 2.45) is 0 Å². The van der Waals surface area contributed by atoms with Crippen molar-refractivity contribution >= 4 is 45.9 Å². The van der Waals surface area contributed by atoms with Crippen LogP contribution in [0.1, 0.15) is 4.88 Å². The Morgan fingerprint density at radius 2 is 1.84 bits per heavy atom. The highest BCUT2D eigenvalue weighted by Crippen LogP contribution is 2.22. The van der Waals surface area contributed by atoms with Crippen LogP contribution >= 0.6 is 23.1 Å². The van der Waals surface area contributed by atoms with E-state index in [4.69, 9.17) is 0 Å². The number of imide groups is 1. The Morgan fingerprint density at radius 1 is 1.06 bits per heavy atom. The smallest absolute Gasteiger partial charge is 0.321 e. The number of fused-ring (bicyclic) bond motifs is 1. The molecule has 2 aromatic carbocycles. The number of nitrogens with one attached hydrogen (secondary N) is 2. The van der Waals surface area contributed by atoms with E-state index in [1.807, 2.05) is 17.5 Å². The fourth-order valence-electron chi connectivity index (χ4n) is 2.97. The maximum absolute atomic E-state index is 14.5. The third-order valence-corrected chi connectivity index (χ3v) is 6.24. The summed E-state index contributed by atoms with van der Waals surface area (Å²) in [6, 6.07) is 15.7. The Balaban J connectivity index is 1.54. The normalized spacial score (nSPS) is 10.8. The minimum Gasteiger partial charge on any atom is -0.333 e. The molecule has 0 bridgehead atoms. The number of carbonyl (C=O) groups is 2. The summed E-state index contributed by atoms with van der Waals surface area (Å²) in [4.78, 5) is 42.7. The minimum absolute atomic E-state index is 0.0346. The predicted molar refractivity (Wildman–Crippen MR) is 123 cm³/mol. The molecule has 0 fully saturated rings. The molecule has 4 rings (SSSR count). The van der Waals surface area contributed by atoms with E-state index in [2.05, 4.69) is 15.6 Å². The van der Waals surface area contributed by atoms with Gasteiger partial charge in [-0.05, 0) is 35.7 Å². The highest BCUT2D eigenvalue weighted by atomic mass is 32.2. The molecule has 0 radical (unpaired) electrons. The largest absolute Gasteiger partial charge is 0.333 e. The zero-order chi connectivity index (χ0) is 22.5. The summed E-state index contributed by atoms with van der Waals surface area (Å²) in [7, 11) is 0. The van der Waals surface area contributed by atoms with E-state index in [1.54, 1.807) is 30.3 Å². The monoisotopic (exact) mass is 468 g/mol. The first-order valence-electron chi connectivity index (χ1n) is 9.52. The standard InChI is InChI=1S/C22H17FN4O3S2/c23-16-8-2-4-10-18(16)27-20(29)15-7-1-3-9-17(15)25-22(27)32-13-19(28)26-21(30)24-12-14-6-5-11-31-14/h1-11H,12-13H2,(H2,24,26,28,30). The number of thiophene rings is 1. The van der Waals surface area contributed by atoms with Crippen LogP contribution in [0.4, 0.5) is 9.18 Å². The highest BCUT2D eigenvalue weighted by molar-refractivity contribution is 7.99. The number of hydrogen-bond donors (Lipinski definition) is 2. The van der Waals surface area contributed by atoms with Gasteiger partial charge in [0.25, 0.3) is 5.56 Å². The summed E-state index contributed by atoms with van der Waals surface area (Å²) in [5.41, 5.74) is 0.0198. The van der Waals surface area contributed by atoms with Gasteiger partial charge in [-0.1, -0.05) is 42.1 Å². The second kappa shape index (κ2) is 9.75. The van der Waals surface area contributed by atoms with Crippen molar-refractivity contribution in [1.29, 1.82) is 0 Å². The van der Waals surface area contributed by atoms with Gasteiger partial charge in [0.05, 0.1) is 28.9 Å². The Bertz CT molecular complexity index is 1340. The van der Waals surface area contributed by atoms with Crippen LogP contribution in [0, 0.1) is 5.82 Å². The molecular weight excluding hydrogens is 451 g/mol. The minimum atomic E-state index is -0.623. The average molecular weight is 469 g/mol. The lowest BCUT2D eigenvalue weighted by molar-refractivity contribution is -0.117. The van der Waals surface area contributed by atoms with Gasteiger partial charge in [-0.25, -0.2) is 14.2 Å². The number of para-hydroxylation sites is 2. The molecule has 7 nitrogen and oxygen atoms in total. The number of halogens is 1. The van der Waals surface area contributed by atoms with E-state index >= 15 is 0 Å². The molecule has 0 aliphatic heterocycles. The second-order valence-corrected chi connectivity index (χ2v) is 8.58. The Kier molecular flexibility index (Phi) is 6.62. The Morgan fingerprint density at radius 3 is 2.62 bits per heavy atom. The van der Waals surface area contributed by atoms with E-state index < -0.39 is 23.3 Å². The van der Waals surface area contributed by atoms with Gasteiger partial charge >= 0.3 is 6.03 Å². The molecule has 0 spiro atoms. The fraction of sp³-hybridized carbons (Fsp3) is 0.0909. The van der Waals surface area contributed by atoms with E-state index in [-0.39, 0.29) is 16.6 Å². The van der Waals surface area contributed by atoms with Gasteiger partial charge in [-0.3, -0.25) is 19.5 Å². The summed E-state index contributed by atoms with van der Waals surface area (Å²) < 4.78 is 15.6. The van der Waals surface area contributed by atoms with E-state index in [1.165, 1.54) is 29.5 Å². The molecule has 2 N–H and O–H groups in total. The van der Waals surface area contributed by atoms with E-state index in [9.17, 15) is 18.8 Å². The molecule has 2 heterocycles. The van der Waals surface area contributed by atoms with Gasteiger partial charge in [0.2, 0.25) is 5.91 Å². The summed E-state index contributed by atoms with van der Waals surface area (Å²) in [6.07, 6.45) is 0. The number of carbonyl (C=O) groups excluding carboxylic acids is 2. The number of urea groups is 1. The maximum atomic E-state index is 14.5. The number of thioether (sulfide) groups is 1. The third-order valence-electron chi connectivity index (χ3n) is 4.43. The van der Waals surface area contributed by atoms with Crippen molar-refractivity contribution in [3.63, 3.8) is 0 Å². The zero-order valence-electron chi connectivity index (χ0n) is 16.6. The van der Waals surface area contributed by atoms with Crippen molar-refractivity contribution < 1.29 is 14.0 Å². The maximum Gasteiger partial charge on any atom is 0.321 e. The number of nitrogens with zero attached hydrogens (tertiary/aromatic N) is 2. The van der Waals surface area contributed by atoms with Crippen molar-refractivity contribution in [3.8, 4) is 5.69 Å². The molecule has 32 heavy (non-hydrogen) atoms. The molecule has 0 saturated carbocycles. The first-order chi connectivity index (χ1) is 15.5. The number of rotatable bonds is 6. The van der Waals surface area contributed by atoms with Crippen LogP contribution in [0.15, 0.2) is 76.0 Å². The average Bonchev–Trinajstić information content (AvgIpc) is 3.31. The van der Waals surface area contributed by atoms with Crippen LogP contribution in [0.2, 0.25) is 0 Å². The summed E-state index contributed by atoms with van der Waals surface area (Å²) in [5.74, 6) is -1.35. The van der Waals surface area contributed by atoms with Crippen LogP contribution in [0.25, 0.3) is 16.6 Å². The molecule has 10 heteroatoms. The van der Waals surface area contributed by atoms with Gasteiger partial charge < -0.3 is 5.32 Å². The van der Waals surface area contributed by atoms with Crippen LogP contribution < -0.4 is 16.2 Å². The highest BCUT2D eigenvalue weighted by Gasteiger charge is 2.17. The summed E-state index contributed by atoms with van der Waals surface area (Å²) >= 11 is 2.43. The fourth-order valence-corrected chi connectivity index (χ4v) is 4.42. The molecule has 0 atom stereocenters. The summed E-state index contributed by atoms with van der Waals surface area (Å²) in [5, 5.41) is 7.21. The Hall–Kier alpha value is -3.50. The van der Waals surface area contributed by atoms with Crippen LogP contribution in [-0.4, -0.2) is 27.2 Å². The number of amides is 3. The van der Waals surface area contributed by atoms with Crippen molar-refractivity contribution in [3.05, 3.63) is 87.1 Å². The zero-order valence-corrected chi connectivity index (χ0v) is 18.2. The third kappa shape index (κ3) is 4.87. The Labute approximate surface area is 190 Å². The van der Waals surface area contributed by atoms with Gasteiger partial charge in [0.15, 0.2) is 5.16 Å². The topological polar surface area (TPSA) is 93.1 Å². The SMILES string of the molecule is O=C(CSc1nc2ccccc2c(=O)n1-c1ccccc1F)NC(=O)NCc1cccs1. The predicted octanol–water partition coefficient (Wildman–Crippen LogP) is 3.70. The molecule has 0 aliphatic carbocycles. The molecule has 162 valence electrons. The lowest BCUT2D eigenvalue weighted by Gasteiger charge is -2.13. The lowest BCUT2D eigenvalue weighted by atomic mass is 10.2. The summed E-state index contributed by atoms with van der Waals surface area (Å²) in [6.45, 7) is 0.309. The first-order valence-corrected chi connectivity index (χ1v) is 11.4. The number of benzene rings is 2. The first kappa shape index (κ1) is 21.7. The van der Waals surface area contributed by atoms with E-state index in [0.717, 1.165) is 21.2 Å². The van der Waals surface area contributed by atoms with Crippen LogP contribution in [0.5, 0.6) is 0 Å². The van der Waals surface area contributed by atoms with Crippen molar-refractivity contribution in [1.82, 2.24) is 20.2 Å². The number of hydrogen-bond acceptors (Lipinski definition) is 6. The molecule has 0 saturated heterocycles. The molecule has 4 aromatic rings. The number of aromatic nitrogens is 2. The van der Waals surface area contributed by atoms with Crippen LogP contribution in [-0.2, 0) is 11.3 Å². The molecule has 3 amide bonds. The molecular formula is C22H17FN4O3S2.